The lowest BCUT2D eigenvalue weighted by Gasteiger charge is -2.28. The fourth-order valence-electron chi connectivity index (χ4n) is 4.34. The number of hydrogen-bond acceptors (Lipinski definition) is 8. The molecule has 0 spiro atoms. The summed E-state index contributed by atoms with van der Waals surface area (Å²) in [4.78, 5) is 43.7. The monoisotopic (exact) mass is 565 g/mol. The molecular weight excluding hydrogens is 549 g/mol. The normalized spacial score (nSPS) is 14.6. The Labute approximate surface area is 227 Å². The van der Waals surface area contributed by atoms with Gasteiger partial charge in [-0.05, 0) is 35.8 Å². The van der Waals surface area contributed by atoms with Crippen LogP contribution >= 0.6 is 23.1 Å². The molecule has 0 aliphatic carbocycles. The number of carbonyl (C=O) groups excluding carboxylic acids is 3. The molecule has 1 atom stereocenters. The van der Waals surface area contributed by atoms with E-state index in [9.17, 15) is 18.8 Å². The Morgan fingerprint density at radius 3 is 2.87 bits per heavy atom. The third-order valence-electron chi connectivity index (χ3n) is 6.08. The lowest BCUT2D eigenvalue weighted by molar-refractivity contribution is -0.123. The van der Waals surface area contributed by atoms with Crippen LogP contribution in [0.3, 0.4) is 0 Å². The fraction of sp³-hybridized carbons (Fsp3) is 0.125. The molecule has 2 aromatic carbocycles. The van der Waals surface area contributed by atoms with Crippen LogP contribution in [0.25, 0.3) is 10.1 Å². The molecule has 39 heavy (non-hydrogen) atoms. The number of aromatic amines is 1. The third-order valence-corrected chi connectivity index (χ3v) is 7.25. The Hall–Kier alpha value is -4.69. The number of aromatic nitrogens is 6. The van der Waals surface area contributed by atoms with Gasteiger partial charge in [-0.25, -0.2) is 9.37 Å². The highest BCUT2D eigenvalue weighted by atomic mass is 35.5. The van der Waals surface area contributed by atoms with E-state index < -0.39 is 29.6 Å². The Balaban J connectivity index is 1.43. The molecule has 0 bridgehead atoms. The zero-order valence-corrected chi connectivity index (χ0v) is 21.3. The van der Waals surface area contributed by atoms with Crippen LogP contribution < -0.4 is 16.0 Å². The molecule has 12 nitrogen and oxygen atoms in total. The highest BCUT2D eigenvalue weighted by Crippen LogP contribution is 2.36. The molecule has 5 aromatic rings. The van der Waals surface area contributed by atoms with Crippen molar-refractivity contribution in [2.45, 2.75) is 19.1 Å². The highest BCUT2D eigenvalue weighted by Gasteiger charge is 2.36. The molecule has 0 fully saturated rings. The zero-order valence-electron chi connectivity index (χ0n) is 19.7. The van der Waals surface area contributed by atoms with Gasteiger partial charge in [0.2, 0.25) is 11.7 Å². The zero-order chi connectivity index (χ0) is 27.1. The summed E-state index contributed by atoms with van der Waals surface area (Å²) in [5, 5.41) is 19.0. The van der Waals surface area contributed by atoms with E-state index in [1.54, 1.807) is 12.1 Å². The number of H-pyrrole nitrogens is 1. The maximum Gasteiger partial charge on any atom is 0.287 e. The lowest BCUT2D eigenvalue weighted by atomic mass is 10.0. The summed E-state index contributed by atoms with van der Waals surface area (Å²) < 4.78 is 20.7. The van der Waals surface area contributed by atoms with Crippen LogP contribution in [0, 0.1) is 5.82 Å². The molecule has 1 aliphatic heterocycles. The van der Waals surface area contributed by atoms with Gasteiger partial charge >= 0.3 is 0 Å². The maximum absolute atomic E-state index is 14.2. The first-order chi connectivity index (χ1) is 18.9. The van der Waals surface area contributed by atoms with E-state index in [0.717, 1.165) is 4.70 Å². The number of fused-ring (bicyclic) bond motifs is 2. The molecule has 196 valence electrons. The molecule has 1 unspecified atom stereocenters. The van der Waals surface area contributed by atoms with Crippen LogP contribution in [-0.2, 0) is 17.9 Å². The molecule has 0 radical (unpaired) electrons. The highest BCUT2D eigenvalue weighted by molar-refractivity contribution is 7.13. The van der Waals surface area contributed by atoms with Gasteiger partial charge < -0.3 is 20.5 Å². The van der Waals surface area contributed by atoms with Crippen molar-refractivity contribution in [3.63, 3.8) is 0 Å². The third kappa shape index (κ3) is 4.59. The first-order valence-electron chi connectivity index (χ1n) is 11.5. The van der Waals surface area contributed by atoms with E-state index in [2.05, 4.69) is 40.7 Å². The summed E-state index contributed by atoms with van der Waals surface area (Å²) in [6, 6.07) is 9.97. The molecule has 1 aliphatic rings. The Morgan fingerprint density at radius 1 is 1.21 bits per heavy atom. The minimum absolute atomic E-state index is 0.00556. The quantitative estimate of drug-likeness (QED) is 0.246. The Bertz CT molecular complexity index is 1750. The summed E-state index contributed by atoms with van der Waals surface area (Å²) in [5.41, 5.74) is 1.13. The van der Waals surface area contributed by atoms with Gasteiger partial charge in [-0.15, -0.1) is 5.10 Å². The SMILES string of the molecule is O=C1Cn2c(C(=O)NCc3c[nH]nn3)nc(NC(=O)c3nsc4ccccc34)c2C(c2cc(F)ccc2Cl)N1. The van der Waals surface area contributed by atoms with Gasteiger partial charge in [0.25, 0.3) is 11.8 Å². The summed E-state index contributed by atoms with van der Waals surface area (Å²) in [7, 11) is 0. The number of carbonyl (C=O) groups is 3. The van der Waals surface area contributed by atoms with Crippen LogP contribution in [0.4, 0.5) is 10.2 Å². The standard InChI is InChI=1S/C24H17ClFN9O3S/c25-15-6-5-11(26)7-14(15)18-20-21(31-23(37)19-13-3-1-2-4-16(13)39-33-19)30-22(35(20)10-17(36)29-18)24(38)27-8-12-9-28-34-32-12/h1-7,9,18H,8,10H2,(H,27,38)(H,29,36)(H,31,37)(H,28,32,34). The van der Waals surface area contributed by atoms with Gasteiger partial charge in [-0.1, -0.05) is 35.0 Å². The predicted molar refractivity (Wildman–Crippen MR) is 139 cm³/mol. The van der Waals surface area contributed by atoms with Gasteiger partial charge in [-0.2, -0.15) is 4.37 Å². The second kappa shape index (κ2) is 9.89. The van der Waals surface area contributed by atoms with E-state index in [4.69, 9.17) is 11.6 Å². The molecule has 4 N–H and O–H groups in total. The van der Waals surface area contributed by atoms with E-state index in [1.807, 2.05) is 12.1 Å². The number of nitrogens with zero attached hydrogens (tertiary/aromatic N) is 5. The summed E-state index contributed by atoms with van der Waals surface area (Å²) in [5.74, 6) is -2.38. The average Bonchev–Trinajstić information content (AvgIpc) is 3.67. The van der Waals surface area contributed by atoms with E-state index in [1.165, 1.54) is 40.5 Å². The summed E-state index contributed by atoms with van der Waals surface area (Å²) >= 11 is 7.55. The molecule has 3 amide bonds. The molecule has 0 saturated carbocycles. The minimum atomic E-state index is -1.01. The van der Waals surface area contributed by atoms with Crippen LogP contribution in [0.2, 0.25) is 5.02 Å². The van der Waals surface area contributed by atoms with Gasteiger partial charge in [-0.3, -0.25) is 19.5 Å². The van der Waals surface area contributed by atoms with E-state index in [-0.39, 0.29) is 46.7 Å². The van der Waals surface area contributed by atoms with Gasteiger partial charge in [0.15, 0.2) is 5.82 Å². The average molecular weight is 566 g/mol. The lowest BCUT2D eigenvalue weighted by Crippen LogP contribution is -2.41. The van der Waals surface area contributed by atoms with Crippen LogP contribution in [-0.4, -0.2) is 47.1 Å². The van der Waals surface area contributed by atoms with Crippen molar-refractivity contribution < 1.29 is 18.8 Å². The number of benzene rings is 2. The molecule has 6 rings (SSSR count). The van der Waals surface area contributed by atoms with Crippen LogP contribution in [0.1, 0.15) is 44.1 Å². The fourth-order valence-corrected chi connectivity index (χ4v) is 5.34. The molecule has 15 heteroatoms. The van der Waals surface area contributed by atoms with Crippen molar-refractivity contribution in [2.24, 2.45) is 0 Å². The number of hydrogen-bond donors (Lipinski definition) is 4. The molecule has 0 saturated heterocycles. The van der Waals surface area contributed by atoms with Gasteiger partial charge in [0, 0.05) is 22.2 Å². The number of amides is 3. The van der Waals surface area contributed by atoms with Crippen LogP contribution in [0.5, 0.6) is 0 Å². The van der Waals surface area contributed by atoms with E-state index in [0.29, 0.717) is 11.1 Å². The molecule has 3 aromatic heterocycles. The number of imidazole rings is 1. The first kappa shape index (κ1) is 24.6. The van der Waals surface area contributed by atoms with E-state index >= 15 is 0 Å². The van der Waals surface area contributed by atoms with Crippen molar-refractivity contribution in [1.82, 2.24) is 40.0 Å². The Morgan fingerprint density at radius 2 is 2.05 bits per heavy atom. The molecule has 4 heterocycles. The maximum atomic E-state index is 14.2. The van der Waals surface area contributed by atoms with Crippen molar-refractivity contribution >= 4 is 56.8 Å². The summed E-state index contributed by atoms with van der Waals surface area (Å²) in [6.07, 6.45) is 1.51. The second-order valence-corrected chi connectivity index (χ2v) is 9.76. The summed E-state index contributed by atoms with van der Waals surface area (Å²) in [6.45, 7) is -0.233. The van der Waals surface area contributed by atoms with Crippen LogP contribution in [0.15, 0.2) is 48.7 Å². The number of halogens is 2. The van der Waals surface area contributed by atoms with Gasteiger partial charge in [0.05, 0.1) is 23.0 Å². The largest absolute Gasteiger partial charge is 0.344 e. The first-order valence-corrected chi connectivity index (χ1v) is 12.7. The topological polar surface area (TPSA) is 160 Å². The number of anilines is 1. The smallest absolute Gasteiger partial charge is 0.287 e. The van der Waals surface area contributed by atoms with Crippen molar-refractivity contribution in [2.75, 3.05) is 5.32 Å². The van der Waals surface area contributed by atoms with Crippen molar-refractivity contribution in [1.29, 1.82) is 0 Å². The Kier molecular flexibility index (Phi) is 6.24. The predicted octanol–water partition coefficient (Wildman–Crippen LogP) is 2.80. The number of rotatable bonds is 6. The molecular formula is C24H17ClFN9O3S. The number of nitrogens with one attached hydrogen (secondary N) is 4. The van der Waals surface area contributed by atoms with Crippen molar-refractivity contribution in [3.05, 3.63) is 88.0 Å². The minimum Gasteiger partial charge on any atom is -0.344 e. The second-order valence-electron chi connectivity index (χ2n) is 8.55. The van der Waals surface area contributed by atoms with Crippen molar-refractivity contribution in [3.8, 4) is 0 Å². The van der Waals surface area contributed by atoms with Gasteiger partial charge in [0.1, 0.15) is 23.7 Å².